The standard InChI is InChI=1S/C14H26N2O2S/c1-5-12-13(10-15-11(2)3)19-14(16-12)6-7-18-9-8-17-4/h11,15H,5-10H2,1-4H3. The van der Waals surface area contributed by atoms with Gasteiger partial charge in [0.2, 0.25) is 0 Å². The Bertz CT molecular complexity index is 353. The maximum Gasteiger partial charge on any atom is 0.0954 e. The summed E-state index contributed by atoms with van der Waals surface area (Å²) in [5, 5.41) is 4.63. The zero-order chi connectivity index (χ0) is 14.1. The summed E-state index contributed by atoms with van der Waals surface area (Å²) in [7, 11) is 1.69. The van der Waals surface area contributed by atoms with Crippen LogP contribution >= 0.6 is 11.3 Å². The van der Waals surface area contributed by atoms with Crippen molar-refractivity contribution in [2.45, 2.75) is 46.2 Å². The van der Waals surface area contributed by atoms with Crippen molar-refractivity contribution in [2.24, 2.45) is 0 Å². The zero-order valence-corrected chi connectivity index (χ0v) is 13.3. The highest BCUT2D eigenvalue weighted by atomic mass is 32.1. The van der Waals surface area contributed by atoms with Gasteiger partial charge >= 0.3 is 0 Å². The Morgan fingerprint density at radius 1 is 1.26 bits per heavy atom. The Morgan fingerprint density at radius 3 is 2.68 bits per heavy atom. The summed E-state index contributed by atoms with van der Waals surface area (Å²) in [6.45, 7) is 9.44. The molecule has 1 aromatic rings. The highest BCUT2D eigenvalue weighted by Crippen LogP contribution is 2.20. The molecule has 0 bridgehead atoms. The van der Waals surface area contributed by atoms with E-state index in [2.05, 4.69) is 26.1 Å². The molecule has 0 fully saturated rings. The molecule has 0 atom stereocenters. The first-order valence-electron chi connectivity index (χ1n) is 6.94. The molecule has 0 aliphatic carbocycles. The van der Waals surface area contributed by atoms with E-state index in [1.165, 1.54) is 15.6 Å². The molecule has 1 N–H and O–H groups in total. The summed E-state index contributed by atoms with van der Waals surface area (Å²) in [5.41, 5.74) is 1.23. The first kappa shape index (κ1) is 16.6. The van der Waals surface area contributed by atoms with E-state index in [1.807, 2.05) is 0 Å². The number of thiazole rings is 1. The minimum atomic E-state index is 0.507. The van der Waals surface area contributed by atoms with Gasteiger partial charge in [-0.05, 0) is 6.42 Å². The largest absolute Gasteiger partial charge is 0.382 e. The maximum atomic E-state index is 5.48. The summed E-state index contributed by atoms with van der Waals surface area (Å²) in [6.07, 6.45) is 1.89. The average molecular weight is 286 g/mol. The van der Waals surface area contributed by atoms with Crippen LogP contribution in [-0.2, 0) is 28.9 Å². The van der Waals surface area contributed by atoms with E-state index >= 15 is 0 Å². The Kier molecular flexibility index (Phi) is 8.21. The zero-order valence-electron chi connectivity index (χ0n) is 12.5. The number of rotatable bonds is 10. The molecule has 0 aromatic carbocycles. The first-order valence-corrected chi connectivity index (χ1v) is 7.76. The Hall–Kier alpha value is -0.490. The molecule has 0 saturated carbocycles. The molecular formula is C14H26N2O2S. The summed E-state index contributed by atoms with van der Waals surface area (Å²) in [4.78, 5) is 6.06. The molecule has 0 radical (unpaired) electrons. The topological polar surface area (TPSA) is 43.4 Å². The lowest BCUT2D eigenvalue weighted by atomic mass is 10.3. The van der Waals surface area contributed by atoms with Crippen molar-refractivity contribution in [2.75, 3.05) is 26.9 Å². The molecule has 0 aliphatic heterocycles. The molecule has 1 rings (SSSR count). The number of nitrogens with one attached hydrogen (secondary N) is 1. The van der Waals surface area contributed by atoms with Crippen LogP contribution in [0.4, 0.5) is 0 Å². The van der Waals surface area contributed by atoms with Gasteiger partial charge in [0.25, 0.3) is 0 Å². The van der Waals surface area contributed by atoms with E-state index in [0.29, 0.717) is 19.3 Å². The monoisotopic (exact) mass is 286 g/mol. The fourth-order valence-corrected chi connectivity index (χ4v) is 2.75. The highest BCUT2D eigenvalue weighted by molar-refractivity contribution is 7.11. The second kappa shape index (κ2) is 9.42. The van der Waals surface area contributed by atoms with E-state index < -0.39 is 0 Å². The molecule has 1 heterocycles. The minimum absolute atomic E-state index is 0.507. The predicted octanol–water partition coefficient (Wildman–Crippen LogP) is 2.41. The Morgan fingerprint density at radius 2 is 2.05 bits per heavy atom. The lowest BCUT2D eigenvalue weighted by Gasteiger charge is -2.06. The smallest absolute Gasteiger partial charge is 0.0954 e. The van der Waals surface area contributed by atoms with Gasteiger partial charge in [-0.25, -0.2) is 4.98 Å². The number of aromatic nitrogens is 1. The normalized spacial score (nSPS) is 11.4. The van der Waals surface area contributed by atoms with Crippen molar-refractivity contribution in [3.8, 4) is 0 Å². The van der Waals surface area contributed by atoms with Gasteiger partial charge in [-0.15, -0.1) is 11.3 Å². The van der Waals surface area contributed by atoms with E-state index in [4.69, 9.17) is 14.5 Å². The number of ether oxygens (including phenoxy) is 2. The van der Waals surface area contributed by atoms with Gasteiger partial charge < -0.3 is 14.8 Å². The van der Waals surface area contributed by atoms with Crippen LogP contribution in [0.25, 0.3) is 0 Å². The number of methoxy groups -OCH3 is 1. The molecule has 0 spiro atoms. The van der Waals surface area contributed by atoms with Crippen molar-refractivity contribution >= 4 is 11.3 Å². The second-order valence-corrected chi connectivity index (χ2v) is 5.89. The minimum Gasteiger partial charge on any atom is -0.382 e. The van der Waals surface area contributed by atoms with Gasteiger partial charge in [-0.2, -0.15) is 0 Å². The molecular weight excluding hydrogens is 260 g/mol. The van der Waals surface area contributed by atoms with Crippen molar-refractivity contribution in [1.82, 2.24) is 10.3 Å². The molecule has 110 valence electrons. The third-order valence-corrected chi connectivity index (χ3v) is 3.88. The lowest BCUT2D eigenvalue weighted by Crippen LogP contribution is -2.21. The summed E-state index contributed by atoms with van der Waals surface area (Å²) in [5.74, 6) is 0. The van der Waals surface area contributed by atoms with Crippen LogP contribution in [0, 0.1) is 0 Å². The average Bonchev–Trinajstić information content (AvgIpc) is 2.78. The second-order valence-electron chi connectivity index (χ2n) is 4.72. The molecule has 0 unspecified atom stereocenters. The third kappa shape index (κ3) is 6.47. The van der Waals surface area contributed by atoms with E-state index in [1.54, 1.807) is 18.4 Å². The van der Waals surface area contributed by atoms with Crippen LogP contribution in [0.2, 0.25) is 0 Å². The van der Waals surface area contributed by atoms with Crippen LogP contribution in [0.3, 0.4) is 0 Å². The van der Waals surface area contributed by atoms with Crippen molar-refractivity contribution in [3.05, 3.63) is 15.6 Å². The summed E-state index contributed by atoms with van der Waals surface area (Å²) >= 11 is 1.80. The molecule has 0 amide bonds. The van der Waals surface area contributed by atoms with Crippen molar-refractivity contribution < 1.29 is 9.47 Å². The third-order valence-electron chi connectivity index (χ3n) is 2.72. The molecule has 0 aliphatic rings. The van der Waals surface area contributed by atoms with Crippen LogP contribution in [0.1, 0.15) is 36.3 Å². The summed E-state index contributed by atoms with van der Waals surface area (Å²) < 4.78 is 10.4. The van der Waals surface area contributed by atoms with Gasteiger partial charge in [0.15, 0.2) is 0 Å². The Balaban J connectivity index is 2.41. The van der Waals surface area contributed by atoms with Crippen LogP contribution in [-0.4, -0.2) is 38.0 Å². The fourth-order valence-electron chi connectivity index (χ4n) is 1.66. The molecule has 0 saturated heterocycles. The number of nitrogens with zero attached hydrogens (tertiary/aromatic N) is 1. The van der Waals surface area contributed by atoms with Gasteiger partial charge in [-0.3, -0.25) is 0 Å². The Labute approximate surface area is 120 Å². The van der Waals surface area contributed by atoms with E-state index in [0.717, 1.165) is 26.0 Å². The number of hydrogen-bond acceptors (Lipinski definition) is 5. The quantitative estimate of drug-likeness (QED) is 0.671. The van der Waals surface area contributed by atoms with E-state index in [-0.39, 0.29) is 0 Å². The highest BCUT2D eigenvalue weighted by Gasteiger charge is 2.09. The maximum absolute atomic E-state index is 5.48. The van der Waals surface area contributed by atoms with Crippen LogP contribution in [0.5, 0.6) is 0 Å². The fraction of sp³-hybridized carbons (Fsp3) is 0.786. The van der Waals surface area contributed by atoms with Gasteiger partial charge in [0, 0.05) is 31.0 Å². The molecule has 19 heavy (non-hydrogen) atoms. The number of aryl methyl sites for hydroxylation is 1. The van der Waals surface area contributed by atoms with Gasteiger partial charge in [-0.1, -0.05) is 20.8 Å². The van der Waals surface area contributed by atoms with E-state index in [9.17, 15) is 0 Å². The lowest BCUT2D eigenvalue weighted by molar-refractivity contribution is 0.0722. The van der Waals surface area contributed by atoms with Crippen molar-refractivity contribution in [3.63, 3.8) is 0 Å². The molecule has 1 aromatic heterocycles. The van der Waals surface area contributed by atoms with Gasteiger partial charge in [0.05, 0.1) is 30.5 Å². The summed E-state index contributed by atoms with van der Waals surface area (Å²) in [6, 6.07) is 0.507. The first-order chi connectivity index (χ1) is 9.17. The number of hydrogen-bond donors (Lipinski definition) is 1. The van der Waals surface area contributed by atoms with Crippen LogP contribution < -0.4 is 5.32 Å². The van der Waals surface area contributed by atoms with Gasteiger partial charge in [0.1, 0.15) is 0 Å². The SMILES string of the molecule is CCc1nc(CCOCCOC)sc1CNC(C)C. The predicted molar refractivity (Wildman–Crippen MR) is 79.9 cm³/mol. The van der Waals surface area contributed by atoms with Crippen LogP contribution in [0.15, 0.2) is 0 Å². The molecule has 4 nitrogen and oxygen atoms in total. The molecule has 5 heteroatoms. The van der Waals surface area contributed by atoms with Crippen molar-refractivity contribution in [1.29, 1.82) is 0 Å².